The van der Waals surface area contributed by atoms with Crippen LogP contribution in [0.4, 0.5) is 10.1 Å². The summed E-state index contributed by atoms with van der Waals surface area (Å²) in [5.74, 6) is -1.99. The van der Waals surface area contributed by atoms with Crippen LogP contribution in [-0.4, -0.2) is 37.8 Å². The maximum absolute atomic E-state index is 13.8. The van der Waals surface area contributed by atoms with Crippen molar-refractivity contribution >= 4 is 46.9 Å². The molecule has 0 atom stereocenters. The van der Waals surface area contributed by atoms with Crippen LogP contribution in [0, 0.1) is 5.82 Å². The molecule has 0 fully saturated rings. The van der Waals surface area contributed by atoms with Gasteiger partial charge < -0.3 is 14.8 Å². The molecule has 0 aliphatic heterocycles. The second-order valence-corrected chi connectivity index (χ2v) is 6.88. The SMILES string of the molecule is COC(=O)c1ccc(C(=O)OC)c(NC(=O)CSCc2c(F)cccc2Cl)c1. The van der Waals surface area contributed by atoms with E-state index < -0.39 is 23.7 Å². The van der Waals surface area contributed by atoms with Crippen molar-refractivity contribution in [1.82, 2.24) is 0 Å². The quantitative estimate of drug-likeness (QED) is 0.677. The van der Waals surface area contributed by atoms with Crippen molar-refractivity contribution in [3.63, 3.8) is 0 Å². The van der Waals surface area contributed by atoms with E-state index in [2.05, 4.69) is 14.8 Å². The molecule has 148 valence electrons. The summed E-state index contributed by atoms with van der Waals surface area (Å²) in [5, 5.41) is 2.85. The number of nitrogens with one attached hydrogen (secondary N) is 1. The molecule has 28 heavy (non-hydrogen) atoms. The highest BCUT2D eigenvalue weighted by atomic mass is 35.5. The van der Waals surface area contributed by atoms with E-state index in [1.54, 1.807) is 6.07 Å². The second-order valence-electron chi connectivity index (χ2n) is 5.48. The van der Waals surface area contributed by atoms with Gasteiger partial charge in [-0.3, -0.25) is 4.79 Å². The molecule has 2 aromatic rings. The number of anilines is 1. The van der Waals surface area contributed by atoms with Gasteiger partial charge >= 0.3 is 11.9 Å². The Labute approximate surface area is 170 Å². The van der Waals surface area contributed by atoms with Crippen molar-refractivity contribution in [2.75, 3.05) is 25.3 Å². The van der Waals surface area contributed by atoms with Gasteiger partial charge in [-0.25, -0.2) is 14.0 Å². The number of halogens is 2. The minimum absolute atomic E-state index is 0.0201. The Bertz CT molecular complexity index is 886. The van der Waals surface area contributed by atoms with Gasteiger partial charge in [0.1, 0.15) is 5.82 Å². The molecular formula is C19H17ClFNO5S. The van der Waals surface area contributed by atoms with Gasteiger partial charge in [0.15, 0.2) is 0 Å². The van der Waals surface area contributed by atoms with Crippen molar-refractivity contribution in [3.05, 3.63) is 63.9 Å². The van der Waals surface area contributed by atoms with Crippen LogP contribution < -0.4 is 5.32 Å². The summed E-state index contributed by atoms with van der Waals surface area (Å²) < 4.78 is 23.1. The third-order valence-corrected chi connectivity index (χ3v) is 4.97. The molecule has 0 saturated carbocycles. The van der Waals surface area contributed by atoms with Crippen LogP contribution in [0.2, 0.25) is 5.02 Å². The average molecular weight is 426 g/mol. The first-order valence-corrected chi connectivity index (χ1v) is 9.51. The Balaban J connectivity index is 2.09. The summed E-state index contributed by atoms with van der Waals surface area (Å²) in [6.45, 7) is 0. The van der Waals surface area contributed by atoms with Crippen molar-refractivity contribution in [2.45, 2.75) is 5.75 Å². The number of carbonyl (C=O) groups excluding carboxylic acids is 3. The molecule has 0 saturated heterocycles. The lowest BCUT2D eigenvalue weighted by Gasteiger charge is -2.11. The van der Waals surface area contributed by atoms with Crippen molar-refractivity contribution in [2.24, 2.45) is 0 Å². The van der Waals surface area contributed by atoms with E-state index in [0.29, 0.717) is 5.56 Å². The van der Waals surface area contributed by atoms with Crippen LogP contribution >= 0.6 is 23.4 Å². The third-order valence-electron chi connectivity index (χ3n) is 3.66. The van der Waals surface area contributed by atoms with Crippen LogP contribution in [0.1, 0.15) is 26.3 Å². The number of esters is 2. The number of methoxy groups -OCH3 is 2. The highest BCUT2D eigenvalue weighted by Gasteiger charge is 2.17. The van der Waals surface area contributed by atoms with Crippen LogP contribution in [0.15, 0.2) is 36.4 Å². The predicted molar refractivity (Wildman–Crippen MR) is 105 cm³/mol. The van der Waals surface area contributed by atoms with E-state index in [0.717, 1.165) is 11.8 Å². The first-order valence-electron chi connectivity index (χ1n) is 7.98. The lowest BCUT2D eigenvalue weighted by molar-refractivity contribution is -0.113. The molecule has 1 N–H and O–H groups in total. The fourth-order valence-electron chi connectivity index (χ4n) is 2.28. The van der Waals surface area contributed by atoms with Gasteiger partial charge in [-0.15, -0.1) is 11.8 Å². The summed E-state index contributed by atoms with van der Waals surface area (Å²) >= 11 is 7.11. The van der Waals surface area contributed by atoms with Gasteiger partial charge in [0.05, 0.1) is 36.8 Å². The first-order chi connectivity index (χ1) is 13.4. The Kier molecular flexibility index (Phi) is 7.83. The normalized spacial score (nSPS) is 10.3. The van der Waals surface area contributed by atoms with E-state index in [-0.39, 0.29) is 33.3 Å². The number of thioether (sulfide) groups is 1. The predicted octanol–water partition coefficient (Wildman–Crippen LogP) is 3.92. The molecule has 0 unspecified atom stereocenters. The number of benzene rings is 2. The number of ether oxygens (including phenoxy) is 2. The number of rotatable bonds is 7. The highest BCUT2D eigenvalue weighted by Crippen LogP contribution is 2.24. The summed E-state index contributed by atoms with van der Waals surface area (Å²) in [5.41, 5.74) is 0.677. The minimum Gasteiger partial charge on any atom is -0.465 e. The molecule has 0 radical (unpaired) electrons. The van der Waals surface area contributed by atoms with Crippen LogP contribution in [0.25, 0.3) is 0 Å². The van der Waals surface area contributed by atoms with Crippen LogP contribution in [0.3, 0.4) is 0 Å². The van der Waals surface area contributed by atoms with Gasteiger partial charge in [-0.1, -0.05) is 17.7 Å². The fraction of sp³-hybridized carbons (Fsp3) is 0.211. The van der Waals surface area contributed by atoms with Gasteiger partial charge in [-0.05, 0) is 30.3 Å². The van der Waals surface area contributed by atoms with E-state index in [9.17, 15) is 18.8 Å². The molecule has 0 aliphatic carbocycles. The molecule has 0 aliphatic rings. The fourth-order valence-corrected chi connectivity index (χ4v) is 3.45. The maximum atomic E-state index is 13.8. The molecule has 0 heterocycles. The molecular weight excluding hydrogens is 409 g/mol. The van der Waals surface area contributed by atoms with Crippen LogP contribution in [0.5, 0.6) is 0 Å². The number of carbonyl (C=O) groups is 3. The smallest absolute Gasteiger partial charge is 0.339 e. The molecule has 1 amide bonds. The summed E-state index contributed by atoms with van der Waals surface area (Å²) in [6, 6.07) is 8.45. The van der Waals surface area contributed by atoms with E-state index >= 15 is 0 Å². The van der Waals surface area contributed by atoms with Gasteiger partial charge in [0.2, 0.25) is 5.91 Å². The zero-order valence-electron chi connectivity index (χ0n) is 15.1. The second kappa shape index (κ2) is 10.1. The largest absolute Gasteiger partial charge is 0.465 e. The molecule has 2 aromatic carbocycles. The summed E-state index contributed by atoms with van der Waals surface area (Å²) in [4.78, 5) is 35.8. The topological polar surface area (TPSA) is 81.7 Å². The van der Waals surface area contributed by atoms with E-state index in [4.69, 9.17) is 11.6 Å². The van der Waals surface area contributed by atoms with E-state index in [1.165, 1.54) is 44.6 Å². The number of hydrogen-bond donors (Lipinski definition) is 1. The van der Waals surface area contributed by atoms with Gasteiger partial charge in [0.25, 0.3) is 0 Å². The van der Waals surface area contributed by atoms with Crippen molar-refractivity contribution in [1.29, 1.82) is 0 Å². The molecule has 6 nitrogen and oxygen atoms in total. The molecule has 0 spiro atoms. The lowest BCUT2D eigenvalue weighted by atomic mass is 10.1. The molecule has 0 bridgehead atoms. The lowest BCUT2D eigenvalue weighted by Crippen LogP contribution is -2.18. The molecule has 9 heteroatoms. The molecule has 2 rings (SSSR count). The Morgan fingerprint density at radius 2 is 1.82 bits per heavy atom. The number of hydrogen-bond acceptors (Lipinski definition) is 6. The van der Waals surface area contributed by atoms with E-state index in [1.807, 2.05) is 0 Å². The maximum Gasteiger partial charge on any atom is 0.339 e. The first kappa shape index (κ1) is 21.7. The Morgan fingerprint density at radius 3 is 2.46 bits per heavy atom. The zero-order valence-corrected chi connectivity index (χ0v) is 16.7. The zero-order chi connectivity index (χ0) is 20.7. The third kappa shape index (κ3) is 5.46. The average Bonchev–Trinajstić information content (AvgIpc) is 2.69. The van der Waals surface area contributed by atoms with Crippen LogP contribution in [-0.2, 0) is 20.0 Å². The number of amides is 1. The Morgan fingerprint density at radius 1 is 1.11 bits per heavy atom. The molecule has 0 aromatic heterocycles. The summed E-state index contributed by atoms with van der Waals surface area (Å²) in [7, 11) is 2.43. The monoisotopic (exact) mass is 425 g/mol. The highest BCUT2D eigenvalue weighted by molar-refractivity contribution is 7.99. The van der Waals surface area contributed by atoms with Gasteiger partial charge in [-0.2, -0.15) is 0 Å². The van der Waals surface area contributed by atoms with Crippen molar-refractivity contribution in [3.8, 4) is 0 Å². The standard InChI is InChI=1S/C19H17ClFNO5S/c1-26-18(24)11-6-7-12(19(25)27-2)16(8-11)22-17(23)10-28-9-13-14(20)4-3-5-15(13)21/h3-8H,9-10H2,1-2H3,(H,22,23). The minimum atomic E-state index is -0.669. The Hall–Kier alpha value is -2.58. The van der Waals surface area contributed by atoms with Crippen molar-refractivity contribution < 1.29 is 28.2 Å². The van der Waals surface area contributed by atoms with Gasteiger partial charge in [0, 0.05) is 16.3 Å². The summed E-state index contributed by atoms with van der Waals surface area (Å²) in [6.07, 6.45) is 0.